The fourth-order valence-electron chi connectivity index (χ4n) is 3.59. The number of aliphatic carboxylic acids is 1. The van der Waals surface area contributed by atoms with E-state index in [9.17, 15) is 14.7 Å². The van der Waals surface area contributed by atoms with Crippen molar-refractivity contribution in [2.24, 2.45) is 11.8 Å². The third kappa shape index (κ3) is 8.09. The van der Waals surface area contributed by atoms with Gasteiger partial charge < -0.3 is 10.2 Å². The van der Waals surface area contributed by atoms with Crippen molar-refractivity contribution in [1.29, 1.82) is 0 Å². The Bertz CT molecular complexity index is 402. The molecular weight excluding hydrogens is 304 g/mol. The van der Waals surface area contributed by atoms with Crippen LogP contribution in [0.1, 0.15) is 84.0 Å². The summed E-state index contributed by atoms with van der Waals surface area (Å²) in [5, 5.41) is 18.8. The molecule has 0 spiro atoms. The Labute approximate surface area is 146 Å². The minimum absolute atomic E-state index is 0.0141. The molecular formula is C20H34O4. The highest BCUT2D eigenvalue weighted by Crippen LogP contribution is 2.35. The van der Waals surface area contributed by atoms with E-state index in [1.54, 1.807) is 0 Å². The molecule has 0 amide bonds. The van der Waals surface area contributed by atoms with Gasteiger partial charge in [-0.1, -0.05) is 51.2 Å². The number of allylic oxidation sites excluding steroid dienone is 2. The molecule has 0 aromatic rings. The lowest BCUT2D eigenvalue weighted by Gasteiger charge is -2.19. The van der Waals surface area contributed by atoms with E-state index in [0.29, 0.717) is 12.8 Å². The van der Waals surface area contributed by atoms with Crippen molar-refractivity contribution in [3.63, 3.8) is 0 Å². The van der Waals surface area contributed by atoms with Gasteiger partial charge in [0.25, 0.3) is 0 Å². The molecule has 3 atom stereocenters. The predicted molar refractivity (Wildman–Crippen MR) is 95.8 cm³/mol. The van der Waals surface area contributed by atoms with Crippen LogP contribution in [-0.4, -0.2) is 28.1 Å². The number of carboxylic acids is 1. The molecule has 138 valence electrons. The summed E-state index contributed by atoms with van der Waals surface area (Å²) < 4.78 is 0. The van der Waals surface area contributed by atoms with Crippen molar-refractivity contribution in [3.8, 4) is 0 Å². The summed E-state index contributed by atoms with van der Waals surface area (Å²) in [5.74, 6) is -0.481. The number of carbonyl (C=O) groups excluding carboxylic acids is 1. The van der Waals surface area contributed by atoms with E-state index >= 15 is 0 Å². The van der Waals surface area contributed by atoms with Gasteiger partial charge >= 0.3 is 5.97 Å². The van der Waals surface area contributed by atoms with Gasteiger partial charge in [-0.2, -0.15) is 0 Å². The van der Waals surface area contributed by atoms with Gasteiger partial charge in [0.1, 0.15) is 5.78 Å². The summed E-state index contributed by atoms with van der Waals surface area (Å²) in [7, 11) is 0. The molecule has 0 bridgehead atoms. The molecule has 1 saturated carbocycles. The van der Waals surface area contributed by atoms with Gasteiger partial charge in [0.2, 0.25) is 0 Å². The van der Waals surface area contributed by atoms with Crippen LogP contribution in [0.25, 0.3) is 0 Å². The molecule has 0 aromatic carbocycles. The Balaban J connectivity index is 2.29. The molecule has 2 N–H and O–H groups in total. The van der Waals surface area contributed by atoms with Crippen LogP contribution < -0.4 is 0 Å². The molecule has 0 aromatic heterocycles. The maximum atomic E-state index is 12.1. The van der Waals surface area contributed by atoms with Crippen LogP contribution in [0.3, 0.4) is 0 Å². The standard InChI is InChI=1S/C20H34O4/c1-2-3-4-5-6-9-12-16-17(19(22)15-18(16)21)13-10-7-8-11-14-20(23)24/h6,9,16-18,21H,2-5,7-8,10-15H2,1H3,(H,23,24)/t16-,17-,18-/m1/s1. The number of hydrogen-bond donors (Lipinski definition) is 2. The van der Waals surface area contributed by atoms with Gasteiger partial charge in [-0.15, -0.1) is 0 Å². The minimum atomic E-state index is -0.741. The average molecular weight is 338 g/mol. The number of carbonyl (C=O) groups is 2. The van der Waals surface area contributed by atoms with Crippen molar-refractivity contribution in [2.45, 2.75) is 90.1 Å². The van der Waals surface area contributed by atoms with Crippen LogP contribution in [-0.2, 0) is 9.59 Å². The highest BCUT2D eigenvalue weighted by molar-refractivity contribution is 5.84. The molecule has 24 heavy (non-hydrogen) atoms. The van der Waals surface area contributed by atoms with E-state index < -0.39 is 12.1 Å². The second-order valence-corrected chi connectivity index (χ2v) is 7.06. The lowest BCUT2D eigenvalue weighted by Crippen LogP contribution is -2.20. The van der Waals surface area contributed by atoms with Gasteiger partial charge in [0.15, 0.2) is 0 Å². The first-order valence-corrected chi connectivity index (χ1v) is 9.63. The zero-order valence-electron chi connectivity index (χ0n) is 15.1. The van der Waals surface area contributed by atoms with Crippen LogP contribution in [0.5, 0.6) is 0 Å². The van der Waals surface area contributed by atoms with Crippen molar-refractivity contribution < 1.29 is 19.8 Å². The third-order valence-corrected chi connectivity index (χ3v) is 5.04. The molecule has 0 radical (unpaired) electrons. The molecule has 0 saturated heterocycles. The largest absolute Gasteiger partial charge is 0.481 e. The van der Waals surface area contributed by atoms with Gasteiger partial charge in [-0.05, 0) is 38.0 Å². The van der Waals surface area contributed by atoms with E-state index in [4.69, 9.17) is 5.11 Å². The van der Waals surface area contributed by atoms with E-state index in [-0.39, 0.29) is 24.0 Å². The van der Waals surface area contributed by atoms with Crippen LogP contribution in [0.15, 0.2) is 12.2 Å². The summed E-state index contributed by atoms with van der Waals surface area (Å²) >= 11 is 0. The lowest BCUT2D eigenvalue weighted by molar-refractivity contribution is -0.137. The summed E-state index contributed by atoms with van der Waals surface area (Å²) in [6.45, 7) is 2.19. The highest BCUT2D eigenvalue weighted by Gasteiger charge is 2.39. The second-order valence-electron chi connectivity index (χ2n) is 7.06. The first kappa shape index (κ1) is 20.9. The van der Waals surface area contributed by atoms with Crippen molar-refractivity contribution in [1.82, 2.24) is 0 Å². The number of carboxylic acid groups (broad SMARTS) is 1. The number of unbranched alkanes of at least 4 members (excludes halogenated alkanes) is 6. The van der Waals surface area contributed by atoms with E-state index in [1.165, 1.54) is 19.3 Å². The maximum absolute atomic E-state index is 12.1. The van der Waals surface area contributed by atoms with Gasteiger partial charge in [-0.3, -0.25) is 9.59 Å². The third-order valence-electron chi connectivity index (χ3n) is 5.04. The lowest BCUT2D eigenvalue weighted by atomic mass is 9.86. The molecule has 4 nitrogen and oxygen atoms in total. The Morgan fingerprint density at radius 1 is 1.12 bits per heavy atom. The molecule has 0 heterocycles. The Hall–Kier alpha value is -1.16. The summed E-state index contributed by atoms with van der Waals surface area (Å²) in [6, 6.07) is 0. The topological polar surface area (TPSA) is 74.6 Å². The fraction of sp³-hybridized carbons (Fsp3) is 0.800. The number of aliphatic hydroxyl groups excluding tert-OH is 1. The molecule has 1 rings (SSSR count). The number of aliphatic hydroxyl groups is 1. The van der Waals surface area contributed by atoms with Gasteiger partial charge in [0, 0.05) is 18.8 Å². The van der Waals surface area contributed by atoms with Crippen LogP contribution in [0.4, 0.5) is 0 Å². The Morgan fingerprint density at radius 2 is 1.88 bits per heavy atom. The SMILES string of the molecule is CCCCCC=CC[C@H]1[C@H](O)CC(=O)[C@@H]1CCCCCCC(=O)O. The normalized spacial score (nSPS) is 24.1. The fourth-order valence-corrected chi connectivity index (χ4v) is 3.59. The quantitative estimate of drug-likeness (QED) is 0.383. The van der Waals surface area contributed by atoms with Gasteiger partial charge in [-0.25, -0.2) is 0 Å². The number of rotatable bonds is 13. The summed E-state index contributed by atoms with van der Waals surface area (Å²) in [4.78, 5) is 22.6. The van der Waals surface area contributed by atoms with Crippen LogP contribution >= 0.6 is 0 Å². The molecule has 1 fully saturated rings. The van der Waals surface area contributed by atoms with Crippen molar-refractivity contribution in [3.05, 3.63) is 12.2 Å². The van der Waals surface area contributed by atoms with Crippen LogP contribution in [0.2, 0.25) is 0 Å². The van der Waals surface area contributed by atoms with E-state index in [1.807, 2.05) is 0 Å². The van der Waals surface area contributed by atoms with Crippen molar-refractivity contribution in [2.75, 3.05) is 0 Å². The first-order valence-electron chi connectivity index (χ1n) is 9.63. The predicted octanol–water partition coefficient (Wildman–Crippen LogP) is 4.50. The first-order chi connectivity index (χ1) is 11.6. The highest BCUT2D eigenvalue weighted by atomic mass is 16.4. The zero-order valence-corrected chi connectivity index (χ0v) is 15.1. The molecule has 1 aliphatic rings. The zero-order chi connectivity index (χ0) is 17.8. The molecule has 1 aliphatic carbocycles. The Kier molecular flexibility index (Phi) is 10.6. The number of Topliss-reactive ketones (excluding diaryl/α,β-unsaturated/α-hetero) is 1. The number of hydrogen-bond acceptors (Lipinski definition) is 3. The van der Waals surface area contributed by atoms with Crippen LogP contribution in [0, 0.1) is 11.8 Å². The summed E-state index contributed by atoms with van der Waals surface area (Å²) in [5.41, 5.74) is 0. The second kappa shape index (κ2) is 12.2. The smallest absolute Gasteiger partial charge is 0.303 e. The monoisotopic (exact) mass is 338 g/mol. The minimum Gasteiger partial charge on any atom is -0.481 e. The molecule has 0 unspecified atom stereocenters. The van der Waals surface area contributed by atoms with E-state index in [2.05, 4.69) is 19.1 Å². The maximum Gasteiger partial charge on any atom is 0.303 e. The number of ketones is 1. The molecule has 0 aliphatic heterocycles. The van der Waals surface area contributed by atoms with Gasteiger partial charge in [0.05, 0.1) is 6.10 Å². The molecule has 4 heteroatoms. The summed E-state index contributed by atoms with van der Waals surface area (Å²) in [6.07, 6.45) is 14.3. The van der Waals surface area contributed by atoms with Crippen molar-refractivity contribution >= 4 is 11.8 Å². The average Bonchev–Trinajstić information content (AvgIpc) is 2.80. The van der Waals surface area contributed by atoms with E-state index in [0.717, 1.165) is 38.5 Å². The Morgan fingerprint density at radius 3 is 2.58 bits per heavy atom.